The maximum absolute atomic E-state index is 3.59. The molecule has 3 heteroatoms. The highest BCUT2D eigenvalue weighted by atomic mass is 79.9. The number of aryl methyl sites for hydroxylation is 1. The van der Waals surface area contributed by atoms with E-state index in [9.17, 15) is 0 Å². The van der Waals surface area contributed by atoms with Gasteiger partial charge in [0.1, 0.15) is 0 Å². The molecule has 0 radical (unpaired) electrons. The van der Waals surface area contributed by atoms with Crippen molar-refractivity contribution in [2.75, 3.05) is 6.54 Å². The van der Waals surface area contributed by atoms with Gasteiger partial charge in [-0.1, -0.05) is 35.0 Å². The van der Waals surface area contributed by atoms with Crippen molar-refractivity contribution in [1.82, 2.24) is 5.32 Å². The summed E-state index contributed by atoms with van der Waals surface area (Å²) in [5, 5.41) is 3.44. The van der Waals surface area contributed by atoms with Crippen molar-refractivity contribution in [2.45, 2.75) is 26.8 Å². The summed E-state index contributed by atoms with van der Waals surface area (Å²) in [6.45, 7) is 6.37. The molecular formula is C15H18BrNS. The number of benzene rings is 1. The fourth-order valence-corrected chi connectivity index (χ4v) is 3.12. The van der Waals surface area contributed by atoms with E-state index in [1.165, 1.54) is 31.8 Å². The summed E-state index contributed by atoms with van der Waals surface area (Å²) in [6, 6.07) is 11.0. The first kappa shape index (κ1) is 13.8. The minimum absolute atomic E-state index is 0.978. The van der Waals surface area contributed by atoms with Crippen molar-refractivity contribution in [3.05, 3.63) is 45.2 Å². The molecule has 1 N–H and O–H groups in total. The molecule has 0 atom stereocenters. The van der Waals surface area contributed by atoms with Crippen molar-refractivity contribution >= 4 is 27.3 Å². The van der Waals surface area contributed by atoms with Crippen molar-refractivity contribution < 1.29 is 0 Å². The standard InChI is InChI=1S/C15H18BrNS/c1-3-8-17-10-13-6-7-15(18-13)12-5-4-11(2)14(16)9-12/h4-7,9,17H,3,8,10H2,1-2H3. The first-order chi connectivity index (χ1) is 8.70. The van der Waals surface area contributed by atoms with Crippen LogP contribution in [0.1, 0.15) is 23.8 Å². The largest absolute Gasteiger partial charge is 0.312 e. The zero-order valence-corrected chi connectivity index (χ0v) is 13.2. The molecule has 1 heterocycles. The Hall–Kier alpha value is -0.640. The molecule has 0 saturated carbocycles. The highest BCUT2D eigenvalue weighted by Gasteiger charge is 2.04. The summed E-state index contributed by atoms with van der Waals surface area (Å²) < 4.78 is 1.18. The number of thiophene rings is 1. The van der Waals surface area contributed by atoms with Gasteiger partial charge in [0.25, 0.3) is 0 Å². The lowest BCUT2D eigenvalue weighted by Crippen LogP contribution is -2.12. The molecule has 0 saturated heterocycles. The number of halogens is 1. The van der Waals surface area contributed by atoms with E-state index in [-0.39, 0.29) is 0 Å². The molecule has 2 rings (SSSR count). The molecule has 0 aliphatic heterocycles. The molecule has 0 amide bonds. The molecule has 0 aliphatic carbocycles. The van der Waals surface area contributed by atoms with Gasteiger partial charge in [0.2, 0.25) is 0 Å². The van der Waals surface area contributed by atoms with Crippen LogP contribution in [-0.2, 0) is 6.54 Å². The van der Waals surface area contributed by atoms with E-state index in [1.54, 1.807) is 0 Å². The van der Waals surface area contributed by atoms with Crippen molar-refractivity contribution in [1.29, 1.82) is 0 Å². The number of nitrogens with one attached hydrogen (secondary N) is 1. The minimum atomic E-state index is 0.978. The van der Waals surface area contributed by atoms with E-state index in [2.05, 4.69) is 65.4 Å². The average molecular weight is 324 g/mol. The Morgan fingerprint density at radius 3 is 2.78 bits per heavy atom. The topological polar surface area (TPSA) is 12.0 Å². The Labute approximate surface area is 121 Å². The van der Waals surface area contributed by atoms with Gasteiger partial charge < -0.3 is 5.32 Å². The second-order valence-corrected chi connectivity index (χ2v) is 6.43. The molecular weight excluding hydrogens is 306 g/mol. The lowest BCUT2D eigenvalue weighted by atomic mass is 10.1. The second kappa shape index (κ2) is 6.50. The molecule has 0 bridgehead atoms. The number of rotatable bonds is 5. The van der Waals surface area contributed by atoms with Crippen LogP contribution in [0.15, 0.2) is 34.8 Å². The maximum atomic E-state index is 3.59. The van der Waals surface area contributed by atoms with Gasteiger partial charge in [-0.3, -0.25) is 0 Å². The highest BCUT2D eigenvalue weighted by Crippen LogP contribution is 2.31. The molecule has 0 unspecified atom stereocenters. The average Bonchev–Trinajstić information content (AvgIpc) is 2.82. The Kier molecular flexibility index (Phi) is 4.98. The van der Waals surface area contributed by atoms with Crippen LogP contribution in [0, 0.1) is 6.92 Å². The SMILES string of the molecule is CCCNCc1ccc(-c2ccc(C)c(Br)c2)s1. The predicted molar refractivity (Wildman–Crippen MR) is 84.2 cm³/mol. The lowest BCUT2D eigenvalue weighted by Gasteiger charge is -2.02. The summed E-state index contributed by atoms with van der Waals surface area (Å²) in [5.41, 5.74) is 2.57. The van der Waals surface area contributed by atoms with Gasteiger partial charge in [-0.25, -0.2) is 0 Å². The van der Waals surface area contributed by atoms with Crippen LogP contribution in [-0.4, -0.2) is 6.54 Å². The smallest absolute Gasteiger partial charge is 0.0346 e. The van der Waals surface area contributed by atoms with Gasteiger partial charge in [-0.15, -0.1) is 11.3 Å². The van der Waals surface area contributed by atoms with Crippen LogP contribution in [0.3, 0.4) is 0 Å². The summed E-state index contributed by atoms with van der Waals surface area (Å²) in [7, 11) is 0. The third-order valence-corrected chi connectivity index (χ3v) is 4.83. The van der Waals surface area contributed by atoms with Crippen LogP contribution in [0.2, 0.25) is 0 Å². The van der Waals surface area contributed by atoms with E-state index in [1.807, 2.05) is 11.3 Å². The Morgan fingerprint density at radius 2 is 2.06 bits per heavy atom. The number of hydrogen-bond acceptors (Lipinski definition) is 2. The van der Waals surface area contributed by atoms with Gasteiger partial charge in [0.15, 0.2) is 0 Å². The molecule has 1 aromatic carbocycles. The third kappa shape index (κ3) is 3.44. The first-order valence-corrected chi connectivity index (χ1v) is 7.87. The van der Waals surface area contributed by atoms with E-state index in [0.717, 1.165) is 13.1 Å². The zero-order chi connectivity index (χ0) is 13.0. The summed E-state index contributed by atoms with van der Waals surface area (Å²) in [5.74, 6) is 0. The van der Waals surface area contributed by atoms with Crippen LogP contribution in [0.5, 0.6) is 0 Å². The molecule has 18 heavy (non-hydrogen) atoms. The van der Waals surface area contributed by atoms with Gasteiger partial charge in [-0.2, -0.15) is 0 Å². The van der Waals surface area contributed by atoms with E-state index < -0.39 is 0 Å². The van der Waals surface area contributed by atoms with E-state index in [4.69, 9.17) is 0 Å². The zero-order valence-electron chi connectivity index (χ0n) is 10.8. The third-order valence-electron chi connectivity index (χ3n) is 2.84. The van der Waals surface area contributed by atoms with Gasteiger partial charge in [-0.05, 0) is 49.2 Å². The summed E-state index contributed by atoms with van der Waals surface area (Å²) in [4.78, 5) is 2.74. The van der Waals surface area contributed by atoms with Crippen molar-refractivity contribution in [3.8, 4) is 10.4 Å². The van der Waals surface area contributed by atoms with Gasteiger partial charge >= 0.3 is 0 Å². The van der Waals surface area contributed by atoms with Crippen LogP contribution < -0.4 is 5.32 Å². The van der Waals surface area contributed by atoms with Crippen LogP contribution in [0.4, 0.5) is 0 Å². The first-order valence-electron chi connectivity index (χ1n) is 6.26. The Balaban J connectivity index is 2.11. The van der Waals surface area contributed by atoms with Gasteiger partial charge in [0.05, 0.1) is 0 Å². The van der Waals surface area contributed by atoms with E-state index in [0.29, 0.717) is 0 Å². The van der Waals surface area contributed by atoms with Gasteiger partial charge in [0, 0.05) is 20.8 Å². The molecule has 2 aromatic rings. The Bertz CT molecular complexity index is 519. The maximum Gasteiger partial charge on any atom is 0.0346 e. The molecule has 0 spiro atoms. The molecule has 1 aromatic heterocycles. The Morgan fingerprint density at radius 1 is 1.22 bits per heavy atom. The summed E-state index contributed by atoms with van der Waals surface area (Å²) >= 11 is 5.46. The molecule has 0 fully saturated rings. The van der Waals surface area contributed by atoms with Crippen molar-refractivity contribution in [3.63, 3.8) is 0 Å². The fraction of sp³-hybridized carbons (Fsp3) is 0.333. The molecule has 1 nitrogen and oxygen atoms in total. The normalized spacial score (nSPS) is 10.8. The quantitative estimate of drug-likeness (QED) is 0.764. The second-order valence-electron chi connectivity index (χ2n) is 4.41. The van der Waals surface area contributed by atoms with E-state index >= 15 is 0 Å². The molecule has 96 valence electrons. The number of hydrogen-bond donors (Lipinski definition) is 1. The lowest BCUT2D eigenvalue weighted by molar-refractivity contribution is 0.681. The highest BCUT2D eigenvalue weighted by molar-refractivity contribution is 9.10. The predicted octanol–water partition coefficient (Wildman–Crippen LogP) is 4.99. The van der Waals surface area contributed by atoms with Crippen molar-refractivity contribution in [2.24, 2.45) is 0 Å². The minimum Gasteiger partial charge on any atom is -0.312 e. The molecule has 0 aliphatic rings. The van der Waals surface area contributed by atoms with Crippen LogP contribution in [0.25, 0.3) is 10.4 Å². The van der Waals surface area contributed by atoms with Crippen LogP contribution >= 0.6 is 27.3 Å². The summed E-state index contributed by atoms with van der Waals surface area (Å²) in [6.07, 6.45) is 1.18. The monoisotopic (exact) mass is 323 g/mol. The fourth-order valence-electron chi connectivity index (χ4n) is 1.76.